The van der Waals surface area contributed by atoms with Crippen molar-refractivity contribution in [2.75, 3.05) is 13.2 Å². The van der Waals surface area contributed by atoms with E-state index >= 15 is 0 Å². The average Bonchev–Trinajstić information content (AvgIpc) is 2.15. The predicted octanol–water partition coefficient (Wildman–Crippen LogP) is -1.39. The first-order valence-corrected chi connectivity index (χ1v) is 4.38. The summed E-state index contributed by atoms with van der Waals surface area (Å²) in [5.41, 5.74) is -2.53. The van der Waals surface area contributed by atoms with Gasteiger partial charge in [-0.25, -0.2) is 9.59 Å². The summed E-state index contributed by atoms with van der Waals surface area (Å²) < 4.78 is 4.52. The molecule has 1 aliphatic heterocycles. The van der Waals surface area contributed by atoms with E-state index in [9.17, 15) is 19.5 Å². The van der Waals surface area contributed by atoms with Crippen LogP contribution in [0.15, 0.2) is 0 Å². The van der Waals surface area contributed by atoms with Crippen molar-refractivity contribution >= 4 is 17.9 Å². The minimum atomic E-state index is -2.53. The fourth-order valence-corrected chi connectivity index (χ4v) is 1.07. The molecule has 90 valence electrons. The fourth-order valence-electron chi connectivity index (χ4n) is 1.07. The maximum atomic E-state index is 11.1. The van der Waals surface area contributed by atoms with Crippen LogP contribution in [0.5, 0.6) is 0 Å². The van der Waals surface area contributed by atoms with Gasteiger partial charge in [-0.05, 0) is 0 Å². The Kier molecular flexibility index (Phi) is 3.80. The summed E-state index contributed by atoms with van der Waals surface area (Å²) in [7, 11) is 0. The molecule has 0 aromatic heterocycles. The van der Waals surface area contributed by atoms with Crippen molar-refractivity contribution in [3.05, 3.63) is 0 Å². The minimum absolute atomic E-state index is 0.150. The highest BCUT2D eigenvalue weighted by molar-refractivity contribution is 5.88. The first-order chi connectivity index (χ1) is 7.44. The van der Waals surface area contributed by atoms with Crippen molar-refractivity contribution < 1.29 is 39.1 Å². The van der Waals surface area contributed by atoms with Crippen molar-refractivity contribution in [1.29, 1.82) is 0 Å². The summed E-state index contributed by atoms with van der Waals surface area (Å²) in [6.07, 6.45) is -1.71. The van der Waals surface area contributed by atoms with Gasteiger partial charge in [0.05, 0.1) is 12.8 Å². The lowest BCUT2D eigenvalue weighted by Crippen LogP contribution is -2.44. The Morgan fingerprint density at radius 1 is 1.19 bits per heavy atom. The number of carbonyl (C=O) groups is 3. The van der Waals surface area contributed by atoms with E-state index in [0.717, 1.165) is 0 Å². The summed E-state index contributed by atoms with van der Waals surface area (Å²) >= 11 is 0. The smallest absolute Gasteiger partial charge is 0.345 e. The molecular weight excluding hydrogens is 224 g/mol. The van der Waals surface area contributed by atoms with Crippen molar-refractivity contribution in [2.45, 2.75) is 18.4 Å². The molecule has 1 atom stereocenters. The third-order valence-corrected chi connectivity index (χ3v) is 1.85. The van der Waals surface area contributed by atoms with E-state index in [1.54, 1.807) is 0 Å². The average molecular weight is 234 g/mol. The molecule has 0 bridgehead atoms. The van der Waals surface area contributed by atoms with Crippen LogP contribution in [0.2, 0.25) is 0 Å². The largest absolute Gasteiger partial charge is 0.479 e. The SMILES string of the molecule is O=C1CC(O)(C(=O)O)CC(=O)OOCCO1. The fraction of sp³-hybridized carbons (Fsp3) is 0.625. The van der Waals surface area contributed by atoms with Crippen LogP contribution >= 0.6 is 0 Å². The molecule has 0 radical (unpaired) electrons. The van der Waals surface area contributed by atoms with Gasteiger partial charge in [-0.1, -0.05) is 0 Å². The van der Waals surface area contributed by atoms with Gasteiger partial charge in [-0.2, -0.15) is 4.89 Å². The second-order valence-corrected chi connectivity index (χ2v) is 3.19. The molecule has 16 heavy (non-hydrogen) atoms. The van der Waals surface area contributed by atoms with Crippen molar-refractivity contribution in [1.82, 2.24) is 0 Å². The van der Waals surface area contributed by atoms with E-state index in [1.165, 1.54) is 0 Å². The van der Waals surface area contributed by atoms with E-state index in [1.807, 2.05) is 0 Å². The number of rotatable bonds is 1. The summed E-state index contributed by atoms with van der Waals surface area (Å²) in [5, 5.41) is 18.3. The van der Waals surface area contributed by atoms with Crippen molar-refractivity contribution in [2.24, 2.45) is 0 Å². The second kappa shape index (κ2) is 4.90. The van der Waals surface area contributed by atoms with Crippen LogP contribution in [0, 0.1) is 0 Å². The van der Waals surface area contributed by atoms with Gasteiger partial charge in [0.1, 0.15) is 13.2 Å². The lowest BCUT2D eigenvalue weighted by molar-refractivity contribution is -0.280. The molecule has 1 unspecified atom stereocenters. The molecule has 1 aliphatic rings. The van der Waals surface area contributed by atoms with Crippen molar-refractivity contribution in [3.63, 3.8) is 0 Å². The van der Waals surface area contributed by atoms with Gasteiger partial charge in [0.25, 0.3) is 0 Å². The molecule has 0 aromatic carbocycles. The molecule has 1 saturated heterocycles. The van der Waals surface area contributed by atoms with Crippen molar-refractivity contribution in [3.8, 4) is 0 Å². The number of carboxylic acids is 1. The number of esters is 1. The Morgan fingerprint density at radius 3 is 2.44 bits per heavy atom. The number of hydrogen-bond donors (Lipinski definition) is 2. The Balaban J connectivity index is 2.81. The first-order valence-electron chi connectivity index (χ1n) is 4.38. The minimum Gasteiger partial charge on any atom is -0.479 e. The highest BCUT2D eigenvalue weighted by Crippen LogP contribution is 2.18. The molecular formula is C8H10O8. The molecule has 1 heterocycles. The maximum Gasteiger partial charge on any atom is 0.345 e. The zero-order chi connectivity index (χ0) is 12.2. The number of carboxylic acid groups (broad SMARTS) is 1. The zero-order valence-electron chi connectivity index (χ0n) is 8.17. The van der Waals surface area contributed by atoms with Crippen LogP contribution in [0.4, 0.5) is 0 Å². The molecule has 0 aromatic rings. The number of ether oxygens (including phenoxy) is 1. The monoisotopic (exact) mass is 234 g/mol. The molecule has 1 fully saturated rings. The summed E-state index contributed by atoms with van der Waals surface area (Å²) in [5.74, 6) is -3.70. The highest BCUT2D eigenvalue weighted by atomic mass is 17.2. The van der Waals surface area contributed by atoms with E-state index < -0.39 is 36.4 Å². The normalized spacial score (nSPS) is 27.8. The molecule has 8 nitrogen and oxygen atoms in total. The van der Waals surface area contributed by atoms with Crippen LogP contribution in [-0.2, 0) is 28.9 Å². The van der Waals surface area contributed by atoms with E-state index in [4.69, 9.17) is 5.11 Å². The maximum absolute atomic E-state index is 11.1. The first kappa shape index (κ1) is 12.4. The van der Waals surface area contributed by atoms with Gasteiger partial charge >= 0.3 is 17.9 Å². The summed E-state index contributed by atoms with van der Waals surface area (Å²) in [6.45, 7) is -0.342. The number of aliphatic hydroxyl groups is 1. The van der Waals surface area contributed by atoms with Gasteiger partial charge in [0, 0.05) is 0 Å². The van der Waals surface area contributed by atoms with Crippen LogP contribution in [0.25, 0.3) is 0 Å². The number of carbonyl (C=O) groups excluding carboxylic acids is 2. The van der Waals surface area contributed by atoms with Gasteiger partial charge < -0.3 is 14.9 Å². The van der Waals surface area contributed by atoms with E-state index in [-0.39, 0.29) is 13.2 Å². The molecule has 2 N–H and O–H groups in total. The zero-order valence-corrected chi connectivity index (χ0v) is 8.17. The molecule has 0 amide bonds. The van der Waals surface area contributed by atoms with Crippen LogP contribution in [0.1, 0.15) is 12.8 Å². The van der Waals surface area contributed by atoms with E-state index in [0.29, 0.717) is 0 Å². The summed E-state index contributed by atoms with van der Waals surface area (Å²) in [6, 6.07) is 0. The highest BCUT2D eigenvalue weighted by Gasteiger charge is 2.42. The molecule has 8 heteroatoms. The molecule has 0 saturated carbocycles. The van der Waals surface area contributed by atoms with Gasteiger partial charge in [0.2, 0.25) is 0 Å². The van der Waals surface area contributed by atoms with Gasteiger partial charge in [-0.3, -0.25) is 9.68 Å². The molecule has 0 spiro atoms. The van der Waals surface area contributed by atoms with Gasteiger partial charge in [0.15, 0.2) is 5.60 Å². The lowest BCUT2D eigenvalue weighted by Gasteiger charge is -2.21. The lowest BCUT2D eigenvalue weighted by atomic mass is 9.96. The standard InChI is InChI=1S/C8H10O8/c9-5-3-8(13,7(11)12)4-6(10)16-15-2-1-14-5/h13H,1-4H2,(H,11,12). The third kappa shape index (κ3) is 3.17. The second-order valence-electron chi connectivity index (χ2n) is 3.19. The Hall–Kier alpha value is -1.67. The predicted molar refractivity (Wildman–Crippen MR) is 44.8 cm³/mol. The third-order valence-electron chi connectivity index (χ3n) is 1.85. The number of hydrogen-bond acceptors (Lipinski definition) is 7. The molecule has 0 aliphatic carbocycles. The van der Waals surface area contributed by atoms with Crippen LogP contribution < -0.4 is 0 Å². The molecule has 1 rings (SSSR count). The Labute approximate surface area is 89.6 Å². The number of aliphatic carboxylic acids is 1. The summed E-state index contributed by atoms with van der Waals surface area (Å²) in [4.78, 5) is 41.3. The van der Waals surface area contributed by atoms with Crippen LogP contribution in [0.3, 0.4) is 0 Å². The van der Waals surface area contributed by atoms with Crippen LogP contribution in [-0.4, -0.2) is 46.9 Å². The Morgan fingerprint density at radius 2 is 1.81 bits per heavy atom. The number of cyclic esters (lactones) is 1. The van der Waals surface area contributed by atoms with Gasteiger partial charge in [-0.15, -0.1) is 0 Å². The topological polar surface area (TPSA) is 119 Å². The quantitative estimate of drug-likeness (QED) is 0.420. The Bertz CT molecular complexity index is 289. The van der Waals surface area contributed by atoms with E-state index in [2.05, 4.69) is 14.5 Å².